The number of aliphatic hydroxyl groups is 1. The largest absolute Gasteiger partial charge is 0.481 e. The maximum atomic E-state index is 12.0. The van der Waals surface area contributed by atoms with Gasteiger partial charge >= 0.3 is 5.97 Å². The van der Waals surface area contributed by atoms with Crippen LogP contribution in [0.1, 0.15) is 24.1 Å². The van der Waals surface area contributed by atoms with Crippen LogP contribution >= 0.6 is 11.3 Å². The van der Waals surface area contributed by atoms with Crippen molar-refractivity contribution in [1.82, 2.24) is 4.72 Å². The quantitative estimate of drug-likeness (QED) is 0.713. The van der Waals surface area contributed by atoms with E-state index < -0.39 is 21.6 Å². The van der Waals surface area contributed by atoms with Crippen molar-refractivity contribution < 1.29 is 23.4 Å². The van der Waals surface area contributed by atoms with E-state index in [1.54, 1.807) is 0 Å². The van der Waals surface area contributed by atoms with E-state index >= 15 is 0 Å². The molecule has 0 aliphatic heterocycles. The van der Waals surface area contributed by atoms with Crippen molar-refractivity contribution in [1.29, 1.82) is 0 Å². The minimum atomic E-state index is -3.67. The van der Waals surface area contributed by atoms with E-state index in [4.69, 9.17) is 5.11 Å². The van der Waals surface area contributed by atoms with E-state index in [1.165, 1.54) is 12.1 Å². The van der Waals surface area contributed by atoms with Crippen molar-refractivity contribution in [3.05, 3.63) is 17.0 Å². The highest BCUT2D eigenvalue weighted by atomic mass is 32.2. The van der Waals surface area contributed by atoms with Gasteiger partial charge in [-0.05, 0) is 31.4 Å². The third kappa shape index (κ3) is 3.53. The van der Waals surface area contributed by atoms with Gasteiger partial charge in [0, 0.05) is 11.4 Å². The summed E-state index contributed by atoms with van der Waals surface area (Å²) >= 11 is 0.931. The van der Waals surface area contributed by atoms with Crippen LogP contribution in [0.25, 0.3) is 0 Å². The van der Waals surface area contributed by atoms with Crippen molar-refractivity contribution in [2.45, 2.75) is 35.5 Å². The van der Waals surface area contributed by atoms with Gasteiger partial charge in [0.2, 0.25) is 10.0 Å². The molecule has 1 saturated carbocycles. The molecule has 1 aromatic heterocycles. The molecule has 0 atom stereocenters. The molecule has 0 spiro atoms. The molecule has 1 aromatic rings. The maximum absolute atomic E-state index is 12.0. The van der Waals surface area contributed by atoms with E-state index in [9.17, 15) is 18.3 Å². The molecule has 1 aliphatic carbocycles. The van der Waals surface area contributed by atoms with Gasteiger partial charge in [0.25, 0.3) is 0 Å². The van der Waals surface area contributed by atoms with Gasteiger partial charge in [-0.15, -0.1) is 11.3 Å². The molecule has 0 amide bonds. The molecular formula is C11H15NO5S2. The fraction of sp³-hybridized carbons (Fsp3) is 0.545. The lowest BCUT2D eigenvalue weighted by atomic mass is 9.81. The second-order valence-electron chi connectivity index (χ2n) is 4.69. The first kappa shape index (κ1) is 14.4. The molecule has 0 unspecified atom stereocenters. The minimum Gasteiger partial charge on any atom is -0.481 e. The van der Waals surface area contributed by atoms with E-state index in [0.29, 0.717) is 17.7 Å². The van der Waals surface area contributed by atoms with E-state index in [0.717, 1.165) is 17.8 Å². The number of hydrogen-bond donors (Lipinski definition) is 3. The van der Waals surface area contributed by atoms with Crippen molar-refractivity contribution in [2.24, 2.45) is 0 Å². The van der Waals surface area contributed by atoms with Crippen LogP contribution in [-0.4, -0.2) is 36.7 Å². The van der Waals surface area contributed by atoms with Crippen LogP contribution in [0, 0.1) is 0 Å². The second kappa shape index (κ2) is 5.20. The van der Waals surface area contributed by atoms with Crippen LogP contribution in [0.3, 0.4) is 0 Å². The van der Waals surface area contributed by atoms with Gasteiger partial charge in [-0.2, -0.15) is 0 Å². The Hall–Kier alpha value is -0.960. The Bertz CT molecular complexity index is 574. The number of nitrogens with one attached hydrogen (secondary N) is 1. The molecule has 3 N–H and O–H groups in total. The average molecular weight is 305 g/mol. The molecular weight excluding hydrogens is 290 g/mol. The number of sulfonamides is 1. The predicted octanol–water partition coefficient (Wildman–Crippen LogP) is 0.568. The molecule has 1 aliphatic rings. The highest BCUT2D eigenvalue weighted by Gasteiger charge is 2.35. The number of hydrogen-bond acceptors (Lipinski definition) is 5. The molecule has 8 heteroatoms. The van der Waals surface area contributed by atoms with Gasteiger partial charge < -0.3 is 10.2 Å². The first-order chi connectivity index (χ1) is 8.81. The van der Waals surface area contributed by atoms with Crippen LogP contribution in [-0.2, 0) is 21.2 Å². The molecule has 19 heavy (non-hydrogen) atoms. The highest BCUT2D eigenvalue weighted by Crippen LogP contribution is 2.31. The van der Waals surface area contributed by atoms with Gasteiger partial charge in [-0.25, -0.2) is 13.1 Å². The van der Waals surface area contributed by atoms with Crippen molar-refractivity contribution in [3.63, 3.8) is 0 Å². The van der Waals surface area contributed by atoms with Gasteiger partial charge in [-0.1, -0.05) is 0 Å². The van der Waals surface area contributed by atoms with Crippen molar-refractivity contribution in [3.8, 4) is 0 Å². The monoisotopic (exact) mass is 305 g/mol. The first-order valence-corrected chi connectivity index (χ1v) is 8.13. The van der Waals surface area contributed by atoms with Gasteiger partial charge in [0.05, 0.1) is 12.0 Å². The zero-order chi connectivity index (χ0) is 14.1. The summed E-state index contributed by atoms with van der Waals surface area (Å²) in [6, 6.07) is 2.88. The molecule has 6 nitrogen and oxygen atoms in total. The lowest BCUT2D eigenvalue weighted by Gasteiger charge is -2.36. The lowest BCUT2D eigenvalue weighted by Crippen LogP contribution is -2.47. The van der Waals surface area contributed by atoms with E-state index in [2.05, 4.69) is 4.72 Å². The average Bonchev–Trinajstić information content (AvgIpc) is 2.72. The zero-order valence-electron chi connectivity index (χ0n) is 10.1. The van der Waals surface area contributed by atoms with E-state index in [-0.39, 0.29) is 17.2 Å². The Morgan fingerprint density at radius 2 is 2.11 bits per heavy atom. The summed E-state index contributed by atoms with van der Waals surface area (Å²) in [5.74, 6) is -0.998. The Balaban J connectivity index is 2.02. The Labute approximate surface area is 115 Å². The molecule has 1 heterocycles. The van der Waals surface area contributed by atoms with Crippen LogP contribution < -0.4 is 4.72 Å². The van der Waals surface area contributed by atoms with Crippen LogP contribution in [0.15, 0.2) is 16.3 Å². The highest BCUT2D eigenvalue weighted by molar-refractivity contribution is 7.91. The summed E-state index contributed by atoms with van der Waals surface area (Å²) < 4.78 is 26.4. The standard InChI is InChI=1S/C11H15NO5S2/c13-9(14)6-8-2-3-10(18-8)19(16,17)12-7-11(15)4-1-5-11/h2-3,12,15H,1,4-7H2,(H,13,14). The number of carboxylic acid groups (broad SMARTS) is 1. The Morgan fingerprint density at radius 3 is 2.63 bits per heavy atom. The number of carbonyl (C=O) groups is 1. The maximum Gasteiger partial charge on any atom is 0.308 e. The van der Waals surface area contributed by atoms with Crippen LogP contribution in [0.2, 0.25) is 0 Å². The molecule has 106 valence electrons. The number of rotatable bonds is 6. The summed E-state index contributed by atoms with van der Waals surface area (Å²) in [7, 11) is -3.67. The number of carboxylic acids is 1. The molecule has 1 fully saturated rings. The zero-order valence-corrected chi connectivity index (χ0v) is 11.8. The summed E-state index contributed by atoms with van der Waals surface area (Å²) in [5, 5.41) is 18.5. The summed E-state index contributed by atoms with van der Waals surface area (Å²) in [6.45, 7) is 0.00149. The smallest absolute Gasteiger partial charge is 0.308 e. The molecule has 0 bridgehead atoms. The van der Waals surface area contributed by atoms with Crippen molar-refractivity contribution >= 4 is 27.3 Å². The number of thiophene rings is 1. The van der Waals surface area contributed by atoms with Gasteiger partial charge in [0.1, 0.15) is 4.21 Å². The topological polar surface area (TPSA) is 104 Å². The summed E-state index contributed by atoms with van der Waals surface area (Å²) in [6.07, 6.45) is 1.92. The normalized spacial score (nSPS) is 17.9. The Kier molecular flexibility index (Phi) is 3.95. The molecule has 0 saturated heterocycles. The summed E-state index contributed by atoms with van der Waals surface area (Å²) in [4.78, 5) is 11.0. The fourth-order valence-electron chi connectivity index (χ4n) is 1.81. The summed E-state index contributed by atoms with van der Waals surface area (Å²) in [5.41, 5.74) is -0.922. The lowest BCUT2D eigenvalue weighted by molar-refractivity contribution is -0.136. The van der Waals surface area contributed by atoms with Crippen molar-refractivity contribution in [2.75, 3.05) is 6.54 Å². The van der Waals surface area contributed by atoms with Gasteiger partial charge in [-0.3, -0.25) is 4.79 Å². The molecule has 0 radical (unpaired) electrons. The second-order valence-corrected chi connectivity index (χ2v) is 7.86. The fourth-order valence-corrected chi connectivity index (χ4v) is 4.32. The Morgan fingerprint density at radius 1 is 1.42 bits per heavy atom. The number of aliphatic carboxylic acids is 1. The van der Waals surface area contributed by atoms with E-state index in [1.807, 2.05) is 0 Å². The first-order valence-electron chi connectivity index (χ1n) is 5.83. The van der Waals surface area contributed by atoms with Crippen LogP contribution in [0.5, 0.6) is 0 Å². The van der Waals surface area contributed by atoms with Gasteiger partial charge in [0.15, 0.2) is 0 Å². The SMILES string of the molecule is O=C(O)Cc1ccc(S(=O)(=O)NCC2(O)CCC2)s1. The third-order valence-corrected chi connectivity index (χ3v) is 6.08. The molecule has 2 rings (SSSR count). The molecule has 0 aromatic carbocycles. The minimum absolute atomic E-state index is 0.00149. The van der Waals surface area contributed by atoms with Crippen LogP contribution in [0.4, 0.5) is 0 Å². The predicted molar refractivity (Wildman–Crippen MR) is 69.6 cm³/mol. The third-order valence-electron chi connectivity index (χ3n) is 3.10.